The highest BCUT2D eigenvalue weighted by Gasteiger charge is 2.20. The van der Waals surface area contributed by atoms with Crippen molar-refractivity contribution in [3.63, 3.8) is 0 Å². The lowest BCUT2D eigenvalue weighted by Crippen LogP contribution is -2.49. The van der Waals surface area contributed by atoms with E-state index in [-0.39, 0.29) is 37.1 Å². The predicted molar refractivity (Wildman–Crippen MR) is 90.4 cm³/mol. The molecule has 3 rings (SSSR count). The lowest BCUT2D eigenvalue weighted by molar-refractivity contribution is -0.138. The van der Waals surface area contributed by atoms with Crippen LogP contribution in [0.2, 0.25) is 0 Å². The minimum Gasteiger partial charge on any atom is -0.361 e. The van der Waals surface area contributed by atoms with Gasteiger partial charge in [0.25, 0.3) is 0 Å². The largest absolute Gasteiger partial charge is 0.361 e. The Bertz CT molecular complexity index is 768. The Balaban J connectivity index is 1.43. The molecule has 7 nitrogen and oxygen atoms in total. The van der Waals surface area contributed by atoms with Gasteiger partial charge in [-0.2, -0.15) is 0 Å². The maximum atomic E-state index is 12.0. The van der Waals surface area contributed by atoms with Gasteiger partial charge in [-0.25, -0.2) is 0 Å². The number of anilines is 1. The topological polar surface area (TPSA) is 94.3 Å². The van der Waals surface area contributed by atoms with E-state index in [1.54, 1.807) is 0 Å². The van der Waals surface area contributed by atoms with Crippen LogP contribution in [0, 0.1) is 0 Å². The van der Waals surface area contributed by atoms with Crippen LogP contribution in [0.1, 0.15) is 19.3 Å². The lowest BCUT2D eigenvalue weighted by atomic mass is 10.2. The number of aromatic amines is 1. The van der Waals surface area contributed by atoms with Gasteiger partial charge < -0.3 is 20.5 Å². The average Bonchev–Trinajstić information content (AvgIpc) is 3.02. The molecule has 0 bridgehead atoms. The fourth-order valence-corrected chi connectivity index (χ4v) is 2.76. The predicted octanol–water partition coefficient (Wildman–Crippen LogP) is 1.24. The second-order valence-corrected chi connectivity index (χ2v) is 5.85. The van der Waals surface area contributed by atoms with Crippen LogP contribution in [0.15, 0.2) is 30.5 Å². The van der Waals surface area contributed by atoms with Gasteiger partial charge in [-0.1, -0.05) is 6.07 Å². The fourth-order valence-electron chi connectivity index (χ4n) is 2.76. The summed E-state index contributed by atoms with van der Waals surface area (Å²) in [7, 11) is 0. The van der Waals surface area contributed by atoms with Crippen molar-refractivity contribution in [2.45, 2.75) is 19.3 Å². The van der Waals surface area contributed by atoms with Crippen molar-refractivity contribution in [1.29, 1.82) is 0 Å². The third kappa shape index (κ3) is 3.92. The second-order valence-electron chi connectivity index (χ2n) is 5.85. The Kier molecular flexibility index (Phi) is 4.79. The maximum Gasteiger partial charge on any atom is 0.239 e. The van der Waals surface area contributed by atoms with Gasteiger partial charge in [0.2, 0.25) is 17.7 Å². The third-order valence-electron chi connectivity index (χ3n) is 4.02. The Morgan fingerprint density at radius 2 is 2.08 bits per heavy atom. The smallest absolute Gasteiger partial charge is 0.239 e. The minimum absolute atomic E-state index is 0.0783. The van der Waals surface area contributed by atoms with Crippen molar-refractivity contribution < 1.29 is 14.4 Å². The van der Waals surface area contributed by atoms with Crippen molar-refractivity contribution in [2.75, 3.05) is 25.0 Å². The first-order valence-electron chi connectivity index (χ1n) is 8.03. The van der Waals surface area contributed by atoms with Gasteiger partial charge in [0.15, 0.2) is 0 Å². The molecule has 0 unspecified atom stereocenters. The quantitative estimate of drug-likeness (QED) is 0.770. The summed E-state index contributed by atoms with van der Waals surface area (Å²) in [5.74, 6) is -0.331. The van der Waals surface area contributed by atoms with Crippen LogP contribution in [-0.2, 0) is 14.4 Å². The highest BCUT2D eigenvalue weighted by Crippen LogP contribution is 2.18. The number of piperazine rings is 1. The zero-order chi connectivity index (χ0) is 16.9. The average molecular weight is 328 g/mol. The number of aromatic nitrogens is 1. The second kappa shape index (κ2) is 7.16. The van der Waals surface area contributed by atoms with E-state index >= 15 is 0 Å². The molecule has 1 saturated heterocycles. The van der Waals surface area contributed by atoms with Gasteiger partial charge in [0, 0.05) is 43.3 Å². The van der Waals surface area contributed by atoms with Gasteiger partial charge in [-0.05, 0) is 30.0 Å². The first-order valence-corrected chi connectivity index (χ1v) is 8.03. The summed E-state index contributed by atoms with van der Waals surface area (Å²) >= 11 is 0. The van der Waals surface area contributed by atoms with E-state index in [1.165, 1.54) is 4.90 Å². The summed E-state index contributed by atoms with van der Waals surface area (Å²) in [5.41, 5.74) is 1.69. The summed E-state index contributed by atoms with van der Waals surface area (Å²) in [6, 6.07) is 7.63. The molecule has 3 amide bonds. The summed E-state index contributed by atoms with van der Waals surface area (Å²) in [6.45, 7) is 1.14. The zero-order valence-corrected chi connectivity index (χ0v) is 13.3. The van der Waals surface area contributed by atoms with Crippen molar-refractivity contribution in [3.05, 3.63) is 30.5 Å². The molecule has 2 heterocycles. The van der Waals surface area contributed by atoms with Crippen LogP contribution >= 0.6 is 0 Å². The number of benzene rings is 1. The maximum absolute atomic E-state index is 12.0. The van der Waals surface area contributed by atoms with Crippen molar-refractivity contribution in [3.8, 4) is 0 Å². The molecule has 126 valence electrons. The van der Waals surface area contributed by atoms with Crippen LogP contribution in [-0.4, -0.2) is 47.2 Å². The van der Waals surface area contributed by atoms with E-state index in [0.717, 1.165) is 16.6 Å². The summed E-state index contributed by atoms with van der Waals surface area (Å²) in [4.78, 5) is 39.9. The van der Waals surface area contributed by atoms with Crippen LogP contribution < -0.4 is 10.6 Å². The van der Waals surface area contributed by atoms with Gasteiger partial charge >= 0.3 is 0 Å². The number of H-pyrrole nitrogens is 1. The molecule has 1 aromatic carbocycles. The number of fused-ring (bicyclic) bond motifs is 1. The van der Waals surface area contributed by atoms with Gasteiger partial charge in [0.1, 0.15) is 0 Å². The molecular weight excluding hydrogens is 308 g/mol. The molecule has 24 heavy (non-hydrogen) atoms. The number of nitrogens with one attached hydrogen (secondary N) is 3. The number of rotatable bonds is 5. The Labute approximate surface area is 139 Å². The van der Waals surface area contributed by atoms with E-state index in [0.29, 0.717) is 19.5 Å². The molecule has 0 aliphatic carbocycles. The third-order valence-corrected chi connectivity index (χ3v) is 4.02. The fraction of sp³-hybridized carbons (Fsp3) is 0.353. The Morgan fingerprint density at radius 1 is 1.21 bits per heavy atom. The van der Waals surface area contributed by atoms with Crippen LogP contribution in [0.3, 0.4) is 0 Å². The monoisotopic (exact) mass is 328 g/mol. The SMILES string of the molecule is O=C1CN(C(=O)CCCC(=O)Nc2ccc3cc[nH]c3c2)CCN1. The van der Waals surface area contributed by atoms with Gasteiger partial charge in [-0.3, -0.25) is 14.4 Å². The number of carbonyl (C=O) groups is 3. The molecule has 7 heteroatoms. The van der Waals surface area contributed by atoms with Crippen molar-refractivity contribution >= 4 is 34.3 Å². The van der Waals surface area contributed by atoms with Crippen LogP contribution in [0.25, 0.3) is 10.9 Å². The molecule has 0 radical (unpaired) electrons. The molecule has 0 spiro atoms. The summed E-state index contributed by atoms with van der Waals surface area (Å²) in [6.07, 6.45) is 2.86. The van der Waals surface area contributed by atoms with Gasteiger partial charge in [-0.15, -0.1) is 0 Å². The number of nitrogens with zero attached hydrogens (tertiary/aromatic N) is 1. The first kappa shape index (κ1) is 16.0. The van der Waals surface area contributed by atoms with Crippen LogP contribution in [0.4, 0.5) is 5.69 Å². The zero-order valence-electron chi connectivity index (χ0n) is 13.3. The van der Waals surface area contributed by atoms with E-state index in [4.69, 9.17) is 0 Å². The van der Waals surface area contributed by atoms with E-state index in [1.807, 2.05) is 30.5 Å². The van der Waals surface area contributed by atoms with Gasteiger partial charge in [0.05, 0.1) is 6.54 Å². The highest BCUT2D eigenvalue weighted by atomic mass is 16.2. The molecule has 0 atom stereocenters. The number of hydrogen-bond acceptors (Lipinski definition) is 3. The molecule has 3 N–H and O–H groups in total. The number of amides is 3. The van der Waals surface area contributed by atoms with Crippen LogP contribution in [0.5, 0.6) is 0 Å². The van der Waals surface area contributed by atoms with Crippen molar-refractivity contribution in [2.24, 2.45) is 0 Å². The van der Waals surface area contributed by atoms with E-state index in [9.17, 15) is 14.4 Å². The summed E-state index contributed by atoms with van der Waals surface area (Å²) < 4.78 is 0. The summed E-state index contributed by atoms with van der Waals surface area (Å²) in [5, 5.41) is 6.60. The van der Waals surface area contributed by atoms with E-state index in [2.05, 4.69) is 15.6 Å². The van der Waals surface area contributed by atoms with Crippen molar-refractivity contribution in [1.82, 2.24) is 15.2 Å². The first-order chi connectivity index (χ1) is 11.6. The lowest BCUT2D eigenvalue weighted by Gasteiger charge is -2.26. The molecule has 1 aliphatic rings. The normalized spacial score (nSPS) is 14.5. The molecule has 2 aromatic rings. The minimum atomic E-state index is -0.132. The molecule has 1 aliphatic heterocycles. The molecule has 1 aromatic heterocycles. The Hall–Kier alpha value is -2.83. The standard InChI is InChI=1S/C17H20N4O3/c22-15(20-13-5-4-12-6-7-18-14(12)10-13)2-1-3-17(24)21-9-8-19-16(23)11-21/h4-7,10,18H,1-3,8-9,11H2,(H,19,23)(H,20,22). The molecule has 1 fully saturated rings. The Morgan fingerprint density at radius 3 is 2.92 bits per heavy atom. The number of hydrogen-bond donors (Lipinski definition) is 3. The highest BCUT2D eigenvalue weighted by molar-refractivity contribution is 5.94. The number of carbonyl (C=O) groups excluding carboxylic acids is 3. The molecule has 0 saturated carbocycles. The van der Waals surface area contributed by atoms with E-state index < -0.39 is 0 Å². The molecular formula is C17H20N4O3.